The van der Waals surface area contributed by atoms with Crippen LogP contribution in [0.1, 0.15) is 46.5 Å². The van der Waals surface area contributed by atoms with Gasteiger partial charge in [-0.2, -0.15) is 0 Å². The predicted molar refractivity (Wildman–Crippen MR) is 70.2 cm³/mol. The fourth-order valence-corrected chi connectivity index (χ4v) is 3.84. The van der Waals surface area contributed by atoms with Gasteiger partial charge in [-0.15, -0.1) is 0 Å². The molecular formula is C15H24O5. The van der Waals surface area contributed by atoms with Crippen molar-refractivity contribution in [3.8, 4) is 0 Å². The molecular weight excluding hydrogens is 260 g/mol. The van der Waals surface area contributed by atoms with Crippen LogP contribution in [0.25, 0.3) is 0 Å². The minimum Gasteiger partial charge on any atom is -0.438 e. The summed E-state index contributed by atoms with van der Waals surface area (Å²) >= 11 is 0. The Morgan fingerprint density at radius 2 is 1.95 bits per heavy atom. The van der Waals surface area contributed by atoms with Gasteiger partial charge in [0.1, 0.15) is 0 Å². The highest BCUT2D eigenvalue weighted by molar-refractivity contribution is 5.72. The summed E-state index contributed by atoms with van der Waals surface area (Å²) in [7, 11) is 0. The maximum absolute atomic E-state index is 12.1. The number of hydrogen-bond acceptors (Lipinski definition) is 5. The topological polar surface area (TPSA) is 54.0 Å². The average Bonchev–Trinajstić information content (AvgIpc) is 2.59. The summed E-state index contributed by atoms with van der Waals surface area (Å²) in [6.07, 6.45) is 3.84. The van der Waals surface area contributed by atoms with E-state index in [1.807, 2.05) is 13.8 Å². The van der Waals surface area contributed by atoms with Crippen LogP contribution in [0.4, 0.5) is 0 Å². The first kappa shape index (κ1) is 14.3. The van der Waals surface area contributed by atoms with Crippen LogP contribution < -0.4 is 0 Å². The first-order valence-corrected chi connectivity index (χ1v) is 7.65. The van der Waals surface area contributed by atoms with Crippen molar-refractivity contribution in [2.45, 2.75) is 58.3 Å². The van der Waals surface area contributed by atoms with Gasteiger partial charge < -0.3 is 9.47 Å². The lowest BCUT2D eigenvalue weighted by Gasteiger charge is -2.41. The lowest BCUT2D eigenvalue weighted by Crippen LogP contribution is -2.45. The van der Waals surface area contributed by atoms with Crippen LogP contribution in [-0.4, -0.2) is 24.7 Å². The van der Waals surface area contributed by atoms with Gasteiger partial charge in [0, 0.05) is 12.3 Å². The third kappa shape index (κ3) is 2.47. The SMILES string of the molecule is C[C@@H]1CC[C@@H]2[C@@H]3OOC(C)(CC[C@H]31)OCOC(=O)[C@@H]2C. The fraction of sp³-hybridized carbons (Fsp3) is 0.933. The van der Waals surface area contributed by atoms with Crippen molar-refractivity contribution in [2.24, 2.45) is 23.7 Å². The quantitative estimate of drug-likeness (QED) is 0.505. The Balaban J connectivity index is 1.92. The lowest BCUT2D eigenvalue weighted by molar-refractivity contribution is -0.452. The zero-order valence-electron chi connectivity index (χ0n) is 12.5. The summed E-state index contributed by atoms with van der Waals surface area (Å²) < 4.78 is 10.8. The number of carbonyl (C=O) groups excluding carboxylic acids is 1. The second-order valence-electron chi connectivity index (χ2n) is 6.71. The van der Waals surface area contributed by atoms with E-state index in [9.17, 15) is 4.79 Å². The highest BCUT2D eigenvalue weighted by Gasteiger charge is 2.48. The molecule has 2 bridgehead atoms. The van der Waals surface area contributed by atoms with Crippen LogP contribution >= 0.6 is 0 Å². The molecule has 3 rings (SSSR count). The molecule has 5 nitrogen and oxygen atoms in total. The molecule has 1 saturated carbocycles. The second-order valence-corrected chi connectivity index (χ2v) is 6.71. The number of rotatable bonds is 0. The Kier molecular flexibility index (Phi) is 3.77. The van der Waals surface area contributed by atoms with Crippen molar-refractivity contribution in [3.05, 3.63) is 0 Å². The molecule has 3 fully saturated rings. The van der Waals surface area contributed by atoms with Crippen molar-refractivity contribution in [1.29, 1.82) is 0 Å². The van der Waals surface area contributed by atoms with Gasteiger partial charge in [-0.3, -0.25) is 4.79 Å². The molecule has 1 aliphatic carbocycles. The first-order valence-electron chi connectivity index (χ1n) is 7.65. The minimum atomic E-state index is -0.817. The molecule has 0 aromatic rings. The zero-order chi connectivity index (χ0) is 14.3. The van der Waals surface area contributed by atoms with Crippen LogP contribution in [-0.2, 0) is 24.0 Å². The maximum atomic E-state index is 12.1. The zero-order valence-corrected chi connectivity index (χ0v) is 12.5. The largest absolute Gasteiger partial charge is 0.438 e. The van der Waals surface area contributed by atoms with Gasteiger partial charge in [-0.1, -0.05) is 13.8 Å². The maximum Gasteiger partial charge on any atom is 0.311 e. The van der Waals surface area contributed by atoms with Gasteiger partial charge in [0.15, 0.2) is 6.79 Å². The van der Waals surface area contributed by atoms with Gasteiger partial charge in [0.05, 0.1) is 12.0 Å². The van der Waals surface area contributed by atoms with Crippen LogP contribution in [0.5, 0.6) is 0 Å². The molecule has 0 radical (unpaired) electrons. The van der Waals surface area contributed by atoms with E-state index in [1.165, 1.54) is 0 Å². The Morgan fingerprint density at radius 3 is 2.75 bits per heavy atom. The summed E-state index contributed by atoms with van der Waals surface area (Å²) in [4.78, 5) is 23.5. The smallest absolute Gasteiger partial charge is 0.311 e. The summed E-state index contributed by atoms with van der Waals surface area (Å²) in [5, 5.41) is 0. The molecule has 6 atom stereocenters. The normalized spacial score (nSPS) is 49.4. The van der Waals surface area contributed by atoms with E-state index in [0.717, 1.165) is 25.7 Å². The molecule has 0 spiro atoms. The van der Waals surface area contributed by atoms with Crippen molar-refractivity contribution < 1.29 is 24.0 Å². The molecule has 0 aromatic heterocycles. The molecule has 0 N–H and O–H groups in total. The van der Waals surface area contributed by atoms with Gasteiger partial charge >= 0.3 is 5.97 Å². The van der Waals surface area contributed by atoms with Crippen LogP contribution in [0.2, 0.25) is 0 Å². The van der Waals surface area contributed by atoms with Crippen molar-refractivity contribution in [3.63, 3.8) is 0 Å². The standard InChI is InChI=1S/C15H24O5/c1-9-4-5-12-10(2)14(16)17-8-18-15(3)7-6-11(9)13(12)19-20-15/h9-13H,4-8H2,1-3H3/t9-,10-,11+,12+,13-,15?/m1/s1. The minimum absolute atomic E-state index is 0.0372. The first-order chi connectivity index (χ1) is 9.50. The molecule has 2 aliphatic heterocycles. The van der Waals surface area contributed by atoms with E-state index in [0.29, 0.717) is 11.8 Å². The highest BCUT2D eigenvalue weighted by atomic mass is 17.2. The van der Waals surface area contributed by atoms with Crippen molar-refractivity contribution >= 4 is 5.97 Å². The van der Waals surface area contributed by atoms with Gasteiger partial charge in [-0.25, -0.2) is 9.78 Å². The third-order valence-electron chi connectivity index (χ3n) is 5.38. The third-order valence-corrected chi connectivity index (χ3v) is 5.38. The Labute approximate surface area is 119 Å². The number of esters is 1. The number of carbonyl (C=O) groups is 1. The molecule has 3 aliphatic rings. The average molecular weight is 284 g/mol. The van der Waals surface area contributed by atoms with Gasteiger partial charge in [-0.05, 0) is 38.0 Å². The lowest BCUT2D eigenvalue weighted by atomic mass is 9.67. The fourth-order valence-electron chi connectivity index (χ4n) is 3.84. The number of fused-ring (bicyclic) bond motifs is 2. The summed E-state index contributed by atoms with van der Waals surface area (Å²) in [6, 6.07) is 0. The van der Waals surface area contributed by atoms with E-state index < -0.39 is 5.79 Å². The van der Waals surface area contributed by atoms with E-state index in [-0.39, 0.29) is 30.7 Å². The van der Waals surface area contributed by atoms with E-state index in [2.05, 4.69) is 6.92 Å². The molecule has 114 valence electrons. The van der Waals surface area contributed by atoms with Crippen LogP contribution in [0.15, 0.2) is 0 Å². The summed E-state index contributed by atoms with van der Waals surface area (Å²) in [6.45, 7) is 5.97. The van der Waals surface area contributed by atoms with E-state index >= 15 is 0 Å². The molecule has 2 heterocycles. The Bertz CT molecular complexity index is 384. The second kappa shape index (κ2) is 5.28. The summed E-state index contributed by atoms with van der Waals surface area (Å²) in [5.74, 6) is -0.00166. The van der Waals surface area contributed by atoms with Crippen molar-refractivity contribution in [1.82, 2.24) is 0 Å². The van der Waals surface area contributed by atoms with Gasteiger partial charge in [0.25, 0.3) is 0 Å². The van der Waals surface area contributed by atoms with E-state index in [1.54, 1.807) is 0 Å². The number of cyclic esters (lactones) is 1. The predicted octanol–water partition coefficient (Wildman–Crippen LogP) is 2.64. The van der Waals surface area contributed by atoms with Crippen LogP contribution in [0, 0.1) is 23.7 Å². The number of hydrogen-bond donors (Lipinski definition) is 0. The molecule has 20 heavy (non-hydrogen) atoms. The van der Waals surface area contributed by atoms with Crippen molar-refractivity contribution in [2.75, 3.05) is 6.79 Å². The Morgan fingerprint density at radius 1 is 1.15 bits per heavy atom. The molecule has 1 unspecified atom stereocenters. The highest BCUT2D eigenvalue weighted by Crippen LogP contribution is 2.45. The summed E-state index contributed by atoms with van der Waals surface area (Å²) in [5.41, 5.74) is 0. The van der Waals surface area contributed by atoms with E-state index in [4.69, 9.17) is 19.2 Å². The molecule has 5 heteroatoms. The monoisotopic (exact) mass is 284 g/mol. The Hall–Kier alpha value is -0.650. The van der Waals surface area contributed by atoms with Crippen LogP contribution in [0.3, 0.4) is 0 Å². The number of ether oxygens (including phenoxy) is 2. The molecule has 2 saturated heterocycles. The van der Waals surface area contributed by atoms with Gasteiger partial charge in [0.2, 0.25) is 5.79 Å². The molecule has 0 amide bonds. The molecule has 0 aromatic carbocycles.